The van der Waals surface area contributed by atoms with Crippen LogP contribution in [0.25, 0.3) is 0 Å². The summed E-state index contributed by atoms with van der Waals surface area (Å²) in [6.45, 7) is 9.46. The second-order valence-electron chi connectivity index (χ2n) is 2.85. The van der Waals surface area contributed by atoms with Crippen molar-refractivity contribution in [2.24, 2.45) is 0 Å². The van der Waals surface area contributed by atoms with Gasteiger partial charge >= 0.3 is 0 Å². The summed E-state index contributed by atoms with van der Waals surface area (Å²) >= 11 is 0. The Bertz CT molecular complexity index is 108. The number of hydrogen-bond donors (Lipinski definition) is 0. The van der Waals surface area contributed by atoms with E-state index in [0.717, 1.165) is 13.0 Å². The summed E-state index contributed by atoms with van der Waals surface area (Å²) in [5.74, 6) is 0. The lowest BCUT2D eigenvalue weighted by Crippen LogP contribution is -2.27. The molecule has 0 heterocycles. The van der Waals surface area contributed by atoms with Gasteiger partial charge in [-0.25, -0.2) is 0 Å². The maximum atomic E-state index is 5.58. The minimum atomic E-state index is -1.40. The van der Waals surface area contributed by atoms with Crippen molar-refractivity contribution in [3.63, 3.8) is 0 Å². The van der Waals surface area contributed by atoms with Crippen LogP contribution in [0.5, 0.6) is 0 Å². The van der Waals surface area contributed by atoms with Gasteiger partial charge in [-0.15, -0.1) is 0 Å². The fourth-order valence-corrected chi connectivity index (χ4v) is 2.47. The van der Waals surface area contributed by atoms with Crippen LogP contribution in [0.2, 0.25) is 13.1 Å². The van der Waals surface area contributed by atoms with E-state index in [-0.39, 0.29) is 0 Å². The molecule has 0 saturated carbocycles. The van der Waals surface area contributed by atoms with Crippen LogP contribution in [0.3, 0.4) is 0 Å². The van der Waals surface area contributed by atoms with E-state index in [1.165, 1.54) is 0 Å². The van der Waals surface area contributed by atoms with Gasteiger partial charge in [-0.3, -0.25) is 0 Å². The quantitative estimate of drug-likeness (QED) is 0.572. The Labute approximate surface area is 65.2 Å². The third kappa shape index (κ3) is 4.76. The molecule has 0 atom stereocenters. The summed E-state index contributed by atoms with van der Waals surface area (Å²) in [7, 11) is -1.40. The molecule has 10 heavy (non-hydrogen) atoms. The topological polar surface area (TPSA) is 9.23 Å². The third-order valence-corrected chi connectivity index (χ3v) is 3.34. The molecular weight excluding hydrogens is 140 g/mol. The van der Waals surface area contributed by atoms with E-state index in [0.29, 0.717) is 0 Å². The Morgan fingerprint density at radius 2 is 1.90 bits per heavy atom. The van der Waals surface area contributed by atoms with Crippen molar-refractivity contribution >= 4 is 8.32 Å². The highest BCUT2D eigenvalue weighted by Crippen LogP contribution is 2.05. The van der Waals surface area contributed by atoms with Gasteiger partial charge in [0.2, 0.25) is 8.32 Å². The first-order valence-corrected chi connectivity index (χ1v) is 6.92. The van der Waals surface area contributed by atoms with Crippen molar-refractivity contribution in [3.8, 4) is 0 Å². The predicted octanol–water partition coefficient (Wildman–Crippen LogP) is 2.73. The van der Waals surface area contributed by atoms with E-state index in [1.54, 1.807) is 0 Å². The lowest BCUT2D eigenvalue weighted by atomic mass is 10.5. The van der Waals surface area contributed by atoms with Crippen molar-refractivity contribution in [1.82, 2.24) is 0 Å². The van der Waals surface area contributed by atoms with Crippen molar-refractivity contribution in [2.45, 2.75) is 33.4 Å². The lowest BCUT2D eigenvalue weighted by molar-refractivity contribution is 0.338. The fourth-order valence-electron chi connectivity index (χ4n) is 0.822. The zero-order valence-electron chi connectivity index (χ0n) is 7.48. The fraction of sp³-hybridized carbons (Fsp3) is 0.750. The predicted molar refractivity (Wildman–Crippen MR) is 48.5 cm³/mol. The second kappa shape index (κ2) is 4.69. The van der Waals surface area contributed by atoms with Crippen molar-refractivity contribution in [1.29, 1.82) is 0 Å². The molecule has 0 aliphatic heterocycles. The average Bonchev–Trinajstić information content (AvgIpc) is 1.84. The Morgan fingerprint density at radius 3 is 2.30 bits per heavy atom. The second-order valence-corrected chi connectivity index (χ2v) is 6.68. The lowest BCUT2D eigenvalue weighted by Gasteiger charge is -2.16. The van der Waals surface area contributed by atoms with Gasteiger partial charge in [0.15, 0.2) is 0 Å². The highest BCUT2D eigenvalue weighted by molar-refractivity contribution is 6.76. The molecule has 0 aromatic carbocycles. The molecule has 0 rings (SSSR count). The zero-order valence-corrected chi connectivity index (χ0v) is 8.48. The summed E-state index contributed by atoms with van der Waals surface area (Å²) in [5.41, 5.74) is 2.25. The molecule has 0 amide bonds. The summed E-state index contributed by atoms with van der Waals surface area (Å²) in [5, 5.41) is 0. The van der Waals surface area contributed by atoms with Crippen LogP contribution in [0.15, 0.2) is 11.8 Å². The van der Waals surface area contributed by atoms with Gasteiger partial charge in [-0.2, -0.15) is 0 Å². The van der Waals surface area contributed by atoms with Crippen LogP contribution in [-0.4, -0.2) is 14.9 Å². The molecule has 0 spiro atoms. The molecule has 0 fully saturated rings. The van der Waals surface area contributed by atoms with Crippen LogP contribution in [0.4, 0.5) is 0 Å². The molecule has 0 unspecified atom stereocenters. The first kappa shape index (κ1) is 9.92. The zero-order chi connectivity index (χ0) is 8.04. The Kier molecular flexibility index (Phi) is 4.65. The minimum absolute atomic E-state index is 0.841. The molecule has 0 N–H and O–H groups in total. The van der Waals surface area contributed by atoms with E-state index in [4.69, 9.17) is 4.43 Å². The number of hydrogen-bond acceptors (Lipinski definition) is 1. The first-order chi connectivity index (χ1) is 4.62. The highest BCUT2D eigenvalue weighted by atomic mass is 28.4. The van der Waals surface area contributed by atoms with Crippen LogP contribution >= 0.6 is 0 Å². The normalized spacial score (nSPS) is 12.8. The SMILES string of the molecule is CCC=C[Si](C)(C)OCC. The molecule has 0 aliphatic carbocycles. The molecule has 0 aliphatic rings. The minimum Gasteiger partial charge on any atom is -0.414 e. The van der Waals surface area contributed by atoms with Crippen LogP contribution in [0.1, 0.15) is 20.3 Å². The van der Waals surface area contributed by atoms with E-state index >= 15 is 0 Å². The Balaban J connectivity index is 3.73. The maximum absolute atomic E-state index is 5.58. The molecular formula is C8H18OSi. The standard InChI is InChI=1S/C8H18OSi/c1-5-7-8-10(3,4)9-6-2/h7-8H,5-6H2,1-4H3. The smallest absolute Gasteiger partial charge is 0.210 e. The first-order valence-electron chi connectivity index (χ1n) is 3.94. The Hall–Kier alpha value is -0.0831. The molecule has 0 aromatic heterocycles. The molecule has 0 aromatic rings. The summed E-state index contributed by atoms with van der Waals surface area (Å²) in [6.07, 6.45) is 3.31. The molecule has 0 bridgehead atoms. The molecule has 2 heteroatoms. The number of rotatable bonds is 4. The van der Waals surface area contributed by atoms with E-state index in [2.05, 4.69) is 38.7 Å². The van der Waals surface area contributed by atoms with Crippen LogP contribution in [0, 0.1) is 0 Å². The van der Waals surface area contributed by atoms with E-state index < -0.39 is 8.32 Å². The van der Waals surface area contributed by atoms with Crippen molar-refractivity contribution in [2.75, 3.05) is 6.61 Å². The molecule has 1 nitrogen and oxygen atoms in total. The molecule has 60 valence electrons. The summed E-state index contributed by atoms with van der Waals surface area (Å²) < 4.78 is 5.58. The van der Waals surface area contributed by atoms with E-state index in [1.807, 2.05) is 0 Å². The third-order valence-electron chi connectivity index (χ3n) is 1.27. The van der Waals surface area contributed by atoms with Crippen LogP contribution < -0.4 is 0 Å². The monoisotopic (exact) mass is 158 g/mol. The van der Waals surface area contributed by atoms with Gasteiger partial charge in [-0.05, 0) is 26.4 Å². The highest BCUT2D eigenvalue weighted by Gasteiger charge is 2.15. The summed E-state index contributed by atoms with van der Waals surface area (Å²) in [6, 6.07) is 0. The maximum Gasteiger partial charge on any atom is 0.210 e. The van der Waals surface area contributed by atoms with Gasteiger partial charge in [0.1, 0.15) is 0 Å². The van der Waals surface area contributed by atoms with Gasteiger partial charge in [0.05, 0.1) is 0 Å². The molecule has 0 radical (unpaired) electrons. The Morgan fingerprint density at radius 1 is 1.30 bits per heavy atom. The van der Waals surface area contributed by atoms with Gasteiger partial charge in [0.25, 0.3) is 0 Å². The number of allylic oxidation sites excluding steroid dienone is 1. The van der Waals surface area contributed by atoms with Gasteiger partial charge in [-0.1, -0.05) is 18.7 Å². The van der Waals surface area contributed by atoms with E-state index in [9.17, 15) is 0 Å². The summed E-state index contributed by atoms with van der Waals surface area (Å²) in [4.78, 5) is 0. The van der Waals surface area contributed by atoms with Crippen molar-refractivity contribution in [3.05, 3.63) is 11.8 Å². The van der Waals surface area contributed by atoms with Crippen molar-refractivity contribution < 1.29 is 4.43 Å². The van der Waals surface area contributed by atoms with Crippen LogP contribution in [-0.2, 0) is 4.43 Å². The largest absolute Gasteiger partial charge is 0.414 e. The molecule has 0 saturated heterocycles. The van der Waals surface area contributed by atoms with Gasteiger partial charge < -0.3 is 4.43 Å². The average molecular weight is 158 g/mol. The van der Waals surface area contributed by atoms with Gasteiger partial charge in [0, 0.05) is 6.61 Å².